The lowest BCUT2D eigenvalue weighted by molar-refractivity contribution is 0.473. The molecule has 0 amide bonds. The molecule has 0 aliphatic heterocycles. The molecule has 0 atom stereocenters. The Bertz CT molecular complexity index is 2660. The van der Waals surface area contributed by atoms with Gasteiger partial charge < -0.3 is 9.52 Å². The second-order valence-electron chi connectivity index (χ2n) is 15.7. The molecule has 264 valence electrons. The van der Waals surface area contributed by atoms with Crippen LogP contribution in [0.15, 0.2) is 125 Å². The van der Waals surface area contributed by atoms with Gasteiger partial charge in [-0.3, -0.25) is 4.99 Å². The molecule has 53 heavy (non-hydrogen) atoms. The minimum atomic E-state index is -0.0507. The number of phenols is 1. The van der Waals surface area contributed by atoms with Crippen LogP contribution in [0, 0.1) is 0 Å². The van der Waals surface area contributed by atoms with E-state index in [4.69, 9.17) is 14.4 Å². The lowest BCUT2D eigenvalue weighted by Crippen LogP contribution is -2.11. The van der Waals surface area contributed by atoms with Gasteiger partial charge in [0.1, 0.15) is 21.9 Å². The normalized spacial score (nSPS) is 12.4. The van der Waals surface area contributed by atoms with Gasteiger partial charge in [-0.25, -0.2) is 4.98 Å². The monoisotopic (exact) mass is 712 g/mol. The molecule has 1 N–H and O–H groups in total. The van der Waals surface area contributed by atoms with Gasteiger partial charge in [0, 0.05) is 39.2 Å². The smallest absolute Gasteiger partial charge is 0.143 e. The standard InChI is InChI=1S/C48H44N2O2S/c1-28(2)30-21-31(29(3)4)23-32(22-30)33-25-40(38-16-12-15-37-36-13-9-11-18-43(36)52-46(37)38)45-44(26-33)53-47(50-45)39-14-8-10-17-41(39)49-27-34-24-35(48(5,6)7)19-20-42(34)51/h8-29,51H,1-7H3. The molecule has 0 aliphatic carbocycles. The molecule has 0 saturated carbocycles. The van der Waals surface area contributed by atoms with E-state index >= 15 is 0 Å². The first-order valence-electron chi connectivity index (χ1n) is 18.4. The maximum atomic E-state index is 10.7. The summed E-state index contributed by atoms with van der Waals surface area (Å²) in [5, 5.41) is 13.8. The molecular formula is C48H44N2O2S. The number of rotatable bonds is 7. The van der Waals surface area contributed by atoms with E-state index < -0.39 is 0 Å². The van der Waals surface area contributed by atoms with Crippen molar-refractivity contribution in [2.75, 3.05) is 0 Å². The summed E-state index contributed by atoms with van der Waals surface area (Å²) in [5.41, 5.74) is 13.3. The van der Waals surface area contributed by atoms with Crippen LogP contribution in [0.1, 0.15) is 82.6 Å². The van der Waals surface area contributed by atoms with Crippen LogP contribution in [-0.4, -0.2) is 16.3 Å². The number of benzene rings is 6. The van der Waals surface area contributed by atoms with Crippen molar-refractivity contribution in [3.63, 3.8) is 0 Å². The maximum absolute atomic E-state index is 10.7. The Hall–Kier alpha value is -5.52. The van der Waals surface area contributed by atoms with E-state index in [0.717, 1.165) is 70.7 Å². The summed E-state index contributed by atoms with van der Waals surface area (Å²) in [6.07, 6.45) is 1.76. The fourth-order valence-electron chi connectivity index (χ4n) is 7.02. The Balaban J connectivity index is 1.33. The summed E-state index contributed by atoms with van der Waals surface area (Å²) >= 11 is 1.68. The zero-order valence-electron chi connectivity index (χ0n) is 31.4. The average Bonchev–Trinajstić information content (AvgIpc) is 3.75. The third-order valence-corrected chi connectivity index (χ3v) is 11.2. The van der Waals surface area contributed by atoms with Crippen LogP contribution in [-0.2, 0) is 5.41 Å². The quantitative estimate of drug-likeness (QED) is 0.167. The molecule has 0 radical (unpaired) electrons. The maximum Gasteiger partial charge on any atom is 0.143 e. The zero-order chi connectivity index (χ0) is 37.0. The van der Waals surface area contributed by atoms with Gasteiger partial charge in [-0.15, -0.1) is 11.3 Å². The predicted octanol–water partition coefficient (Wildman–Crippen LogP) is 14.2. The van der Waals surface area contributed by atoms with E-state index in [0.29, 0.717) is 17.4 Å². The highest BCUT2D eigenvalue weighted by Crippen LogP contribution is 2.45. The first kappa shape index (κ1) is 34.6. The molecule has 0 aliphatic rings. The van der Waals surface area contributed by atoms with Crippen molar-refractivity contribution in [2.24, 2.45) is 4.99 Å². The fraction of sp³-hybridized carbons (Fsp3) is 0.208. The lowest BCUT2D eigenvalue weighted by Gasteiger charge is -2.19. The van der Waals surface area contributed by atoms with Gasteiger partial charge in [-0.1, -0.05) is 121 Å². The highest BCUT2D eigenvalue weighted by atomic mass is 32.1. The third kappa shape index (κ3) is 6.55. The van der Waals surface area contributed by atoms with Gasteiger partial charge >= 0.3 is 0 Å². The summed E-state index contributed by atoms with van der Waals surface area (Å²) in [6, 6.07) is 40.2. The van der Waals surface area contributed by atoms with Crippen LogP contribution >= 0.6 is 11.3 Å². The van der Waals surface area contributed by atoms with Crippen molar-refractivity contribution >= 4 is 55.4 Å². The Morgan fingerprint density at radius 2 is 1.38 bits per heavy atom. The minimum Gasteiger partial charge on any atom is -0.507 e. The number of nitrogens with zero attached hydrogens (tertiary/aromatic N) is 2. The van der Waals surface area contributed by atoms with Crippen LogP contribution in [0.25, 0.3) is 65.0 Å². The Labute approximate surface area is 315 Å². The summed E-state index contributed by atoms with van der Waals surface area (Å²) in [7, 11) is 0. The molecular weight excluding hydrogens is 669 g/mol. The van der Waals surface area contributed by atoms with E-state index in [9.17, 15) is 5.11 Å². The molecule has 2 aromatic heterocycles. The van der Waals surface area contributed by atoms with E-state index in [1.54, 1.807) is 23.6 Å². The SMILES string of the molecule is CC(C)c1cc(-c2cc(-c3cccc4c3oc3ccccc34)c3nc(-c4ccccc4N=Cc4cc(C(C)(C)C)ccc4O)sc3c2)cc(C(C)C)c1. The molecule has 0 unspecified atom stereocenters. The highest BCUT2D eigenvalue weighted by Gasteiger charge is 2.21. The molecule has 8 rings (SSSR count). The zero-order valence-corrected chi connectivity index (χ0v) is 32.2. The van der Waals surface area contributed by atoms with E-state index in [2.05, 4.69) is 115 Å². The molecule has 0 bridgehead atoms. The van der Waals surface area contributed by atoms with Crippen LogP contribution in [0.3, 0.4) is 0 Å². The number of hydrogen-bond acceptors (Lipinski definition) is 5. The van der Waals surface area contributed by atoms with Crippen molar-refractivity contribution in [3.8, 4) is 38.6 Å². The Morgan fingerprint density at radius 1 is 0.698 bits per heavy atom. The first-order valence-corrected chi connectivity index (χ1v) is 19.2. The Morgan fingerprint density at radius 3 is 2.13 bits per heavy atom. The molecule has 8 aromatic rings. The number of aliphatic imine (C=N–C) groups is 1. The van der Waals surface area contributed by atoms with Crippen molar-refractivity contribution in [1.82, 2.24) is 4.98 Å². The van der Waals surface area contributed by atoms with Gasteiger partial charge in [-0.05, 0) is 87.5 Å². The van der Waals surface area contributed by atoms with Gasteiger partial charge in [0.05, 0.1) is 15.9 Å². The molecule has 2 heterocycles. The van der Waals surface area contributed by atoms with Crippen molar-refractivity contribution in [3.05, 3.63) is 138 Å². The van der Waals surface area contributed by atoms with Crippen molar-refractivity contribution in [1.29, 1.82) is 0 Å². The Kier molecular flexibility index (Phi) is 8.78. The number of aromatic nitrogens is 1. The third-order valence-electron chi connectivity index (χ3n) is 10.2. The van der Waals surface area contributed by atoms with E-state index in [1.807, 2.05) is 42.5 Å². The molecule has 5 heteroatoms. The summed E-state index contributed by atoms with van der Waals surface area (Å²) in [4.78, 5) is 10.3. The molecule has 0 fully saturated rings. The molecule has 0 spiro atoms. The number of fused-ring (bicyclic) bond motifs is 4. The molecule has 4 nitrogen and oxygen atoms in total. The number of furan rings is 1. The highest BCUT2D eigenvalue weighted by molar-refractivity contribution is 7.21. The number of para-hydroxylation sites is 3. The summed E-state index contributed by atoms with van der Waals surface area (Å²) in [5.74, 6) is 1.02. The lowest BCUT2D eigenvalue weighted by atomic mass is 9.86. The number of aromatic hydroxyl groups is 1. The second kappa shape index (κ2) is 13.5. The fourth-order valence-corrected chi connectivity index (χ4v) is 8.08. The average molecular weight is 713 g/mol. The van der Waals surface area contributed by atoms with Crippen molar-refractivity contribution in [2.45, 2.75) is 65.7 Å². The predicted molar refractivity (Wildman–Crippen MR) is 225 cm³/mol. The van der Waals surface area contributed by atoms with Gasteiger partial charge in [-0.2, -0.15) is 0 Å². The van der Waals surface area contributed by atoms with Gasteiger partial charge in [0.2, 0.25) is 0 Å². The number of phenolic OH excluding ortho intramolecular Hbond substituents is 1. The summed E-state index contributed by atoms with van der Waals surface area (Å²) in [6.45, 7) is 15.6. The second-order valence-corrected chi connectivity index (χ2v) is 16.7. The van der Waals surface area contributed by atoms with Crippen LogP contribution in [0.2, 0.25) is 0 Å². The first-order chi connectivity index (χ1) is 25.4. The van der Waals surface area contributed by atoms with Crippen molar-refractivity contribution < 1.29 is 9.52 Å². The van der Waals surface area contributed by atoms with Crippen LogP contribution < -0.4 is 0 Å². The van der Waals surface area contributed by atoms with Gasteiger partial charge in [0.15, 0.2) is 0 Å². The van der Waals surface area contributed by atoms with Crippen LogP contribution in [0.5, 0.6) is 5.75 Å². The topological polar surface area (TPSA) is 58.6 Å². The van der Waals surface area contributed by atoms with Crippen LogP contribution in [0.4, 0.5) is 5.69 Å². The number of thiazole rings is 1. The molecule has 0 saturated heterocycles. The van der Waals surface area contributed by atoms with Gasteiger partial charge in [0.25, 0.3) is 0 Å². The van der Waals surface area contributed by atoms with E-state index in [1.165, 1.54) is 16.7 Å². The number of hydrogen-bond donors (Lipinski definition) is 1. The minimum absolute atomic E-state index is 0.0507. The summed E-state index contributed by atoms with van der Waals surface area (Å²) < 4.78 is 7.69. The molecule has 6 aromatic carbocycles. The van der Waals surface area contributed by atoms with E-state index in [-0.39, 0.29) is 11.2 Å². The largest absolute Gasteiger partial charge is 0.507 e.